The van der Waals surface area contributed by atoms with E-state index in [-0.39, 0.29) is 11.6 Å². The molecule has 0 spiro atoms. The van der Waals surface area contributed by atoms with Gasteiger partial charge >= 0.3 is 12.0 Å². The van der Waals surface area contributed by atoms with Crippen LogP contribution >= 0.6 is 11.3 Å². The third-order valence-corrected chi connectivity index (χ3v) is 3.38. The van der Waals surface area contributed by atoms with Crippen LogP contribution in [-0.4, -0.2) is 48.8 Å². The van der Waals surface area contributed by atoms with Gasteiger partial charge in [0.25, 0.3) is 0 Å². The first-order valence-corrected chi connectivity index (χ1v) is 7.19. The van der Waals surface area contributed by atoms with Crippen molar-refractivity contribution in [3.63, 3.8) is 0 Å². The van der Waals surface area contributed by atoms with Gasteiger partial charge in [-0.05, 0) is 17.4 Å². The largest absolute Gasteiger partial charge is 0.478 e. The Morgan fingerprint density at radius 1 is 1.50 bits per heavy atom. The Kier molecular flexibility index (Phi) is 6.47. The monoisotopic (exact) mass is 300 g/mol. The molecule has 0 aliphatic heterocycles. The number of carboxylic acids is 1. The molecule has 0 saturated heterocycles. The molecule has 112 valence electrons. The van der Waals surface area contributed by atoms with E-state index in [0.717, 1.165) is 0 Å². The molecular formula is C13H20N2O4S. The number of carbonyl (C=O) groups is 2. The van der Waals surface area contributed by atoms with E-state index in [1.54, 1.807) is 17.4 Å². The van der Waals surface area contributed by atoms with Crippen molar-refractivity contribution in [3.05, 3.63) is 17.0 Å². The van der Waals surface area contributed by atoms with Gasteiger partial charge in [-0.15, -0.1) is 11.3 Å². The van der Waals surface area contributed by atoms with Gasteiger partial charge in [0.1, 0.15) is 5.00 Å². The summed E-state index contributed by atoms with van der Waals surface area (Å²) in [5.41, 5.74) is 0.111. The molecule has 0 unspecified atom stereocenters. The first-order valence-electron chi connectivity index (χ1n) is 6.31. The number of ether oxygens (including phenoxy) is 1. The quantitative estimate of drug-likeness (QED) is 0.811. The summed E-state index contributed by atoms with van der Waals surface area (Å²) in [6.45, 7) is 5.52. The van der Waals surface area contributed by atoms with Crippen molar-refractivity contribution < 1.29 is 19.4 Å². The molecule has 6 nitrogen and oxygen atoms in total. The highest BCUT2D eigenvalue weighted by Crippen LogP contribution is 2.23. The second-order valence-electron chi connectivity index (χ2n) is 4.73. The molecule has 20 heavy (non-hydrogen) atoms. The molecule has 0 aliphatic carbocycles. The molecule has 0 radical (unpaired) electrons. The van der Waals surface area contributed by atoms with E-state index in [0.29, 0.717) is 30.6 Å². The van der Waals surface area contributed by atoms with Gasteiger partial charge in [0.15, 0.2) is 0 Å². The molecule has 0 fully saturated rings. The summed E-state index contributed by atoms with van der Waals surface area (Å²) in [4.78, 5) is 24.8. The molecule has 2 N–H and O–H groups in total. The van der Waals surface area contributed by atoms with Crippen LogP contribution in [0.1, 0.15) is 24.2 Å². The van der Waals surface area contributed by atoms with Crippen LogP contribution in [0.2, 0.25) is 0 Å². The maximum Gasteiger partial charge on any atom is 0.338 e. The van der Waals surface area contributed by atoms with Gasteiger partial charge in [0, 0.05) is 20.2 Å². The molecule has 1 aromatic heterocycles. The lowest BCUT2D eigenvalue weighted by Crippen LogP contribution is -2.39. The highest BCUT2D eigenvalue weighted by molar-refractivity contribution is 7.14. The maximum atomic E-state index is 12.2. The zero-order valence-corrected chi connectivity index (χ0v) is 12.7. The second kappa shape index (κ2) is 7.86. The Labute approximate surface area is 122 Å². The smallest absolute Gasteiger partial charge is 0.338 e. The normalized spacial score (nSPS) is 10.6. The van der Waals surface area contributed by atoms with E-state index in [2.05, 4.69) is 5.32 Å². The number of thiophene rings is 1. The number of methoxy groups -OCH3 is 1. The highest BCUT2D eigenvalue weighted by Gasteiger charge is 2.18. The summed E-state index contributed by atoms with van der Waals surface area (Å²) in [7, 11) is 1.58. The van der Waals surface area contributed by atoms with Crippen LogP contribution in [-0.2, 0) is 4.74 Å². The number of amides is 2. The number of hydrogen-bond acceptors (Lipinski definition) is 4. The van der Waals surface area contributed by atoms with E-state index in [1.807, 2.05) is 13.8 Å². The zero-order valence-electron chi connectivity index (χ0n) is 11.9. The van der Waals surface area contributed by atoms with Gasteiger partial charge in [-0.1, -0.05) is 13.8 Å². The number of carbonyl (C=O) groups excluding carboxylic acids is 1. The van der Waals surface area contributed by atoms with E-state index >= 15 is 0 Å². The van der Waals surface area contributed by atoms with E-state index < -0.39 is 5.97 Å². The second-order valence-corrected chi connectivity index (χ2v) is 5.65. The van der Waals surface area contributed by atoms with Crippen molar-refractivity contribution in [3.8, 4) is 0 Å². The van der Waals surface area contributed by atoms with Crippen LogP contribution in [0, 0.1) is 5.92 Å². The summed E-state index contributed by atoms with van der Waals surface area (Å²) >= 11 is 1.20. The number of urea groups is 1. The van der Waals surface area contributed by atoms with Crippen LogP contribution in [0.3, 0.4) is 0 Å². The van der Waals surface area contributed by atoms with Crippen molar-refractivity contribution in [1.29, 1.82) is 0 Å². The van der Waals surface area contributed by atoms with E-state index in [1.165, 1.54) is 17.4 Å². The predicted octanol–water partition coefficient (Wildman–Crippen LogP) is 2.58. The first-order chi connectivity index (χ1) is 9.45. The Hall–Kier alpha value is -1.60. The van der Waals surface area contributed by atoms with Crippen molar-refractivity contribution in [2.45, 2.75) is 13.8 Å². The lowest BCUT2D eigenvalue weighted by atomic mass is 10.2. The fourth-order valence-electron chi connectivity index (χ4n) is 1.67. The SMILES string of the molecule is COCCN(CC(C)C)C(=O)Nc1sccc1C(=O)O. The molecule has 2 amide bonds. The van der Waals surface area contributed by atoms with Crippen LogP contribution in [0.4, 0.5) is 9.80 Å². The summed E-state index contributed by atoms with van der Waals surface area (Å²) in [6.07, 6.45) is 0. The number of aromatic carboxylic acids is 1. The van der Waals surface area contributed by atoms with E-state index in [4.69, 9.17) is 9.84 Å². The summed E-state index contributed by atoms with van der Waals surface area (Å²) < 4.78 is 4.99. The minimum atomic E-state index is -1.05. The lowest BCUT2D eigenvalue weighted by molar-refractivity contribution is 0.0698. The Morgan fingerprint density at radius 2 is 2.20 bits per heavy atom. The molecule has 1 rings (SSSR count). The van der Waals surface area contributed by atoms with Gasteiger partial charge in [-0.25, -0.2) is 9.59 Å². The van der Waals surface area contributed by atoms with Crippen LogP contribution in [0.15, 0.2) is 11.4 Å². The molecule has 1 heterocycles. The topological polar surface area (TPSA) is 78.9 Å². The Morgan fingerprint density at radius 3 is 2.75 bits per heavy atom. The number of carboxylic acid groups (broad SMARTS) is 1. The van der Waals surface area contributed by atoms with E-state index in [9.17, 15) is 9.59 Å². The molecule has 0 atom stereocenters. The standard InChI is InChI=1S/C13H20N2O4S/c1-9(2)8-15(5-6-19-3)13(18)14-11-10(12(16)17)4-7-20-11/h4,7,9H,5-6,8H2,1-3H3,(H,14,18)(H,16,17). The predicted molar refractivity (Wildman–Crippen MR) is 78.6 cm³/mol. The third kappa shape index (κ3) is 4.82. The number of nitrogens with one attached hydrogen (secondary N) is 1. The van der Waals surface area contributed by atoms with Crippen molar-refractivity contribution in [2.75, 3.05) is 32.1 Å². The average molecular weight is 300 g/mol. The molecule has 7 heteroatoms. The van der Waals surface area contributed by atoms with Crippen molar-refractivity contribution >= 4 is 28.3 Å². The maximum absolute atomic E-state index is 12.2. The molecule has 1 aromatic rings. The lowest BCUT2D eigenvalue weighted by Gasteiger charge is -2.24. The molecule has 0 aliphatic rings. The van der Waals surface area contributed by atoms with Crippen LogP contribution in [0.25, 0.3) is 0 Å². The first kappa shape index (κ1) is 16.5. The van der Waals surface area contributed by atoms with Gasteiger partial charge in [-0.3, -0.25) is 5.32 Å². The summed E-state index contributed by atoms with van der Waals surface area (Å²) in [5, 5.41) is 13.7. The molecule has 0 saturated carbocycles. The fourth-order valence-corrected chi connectivity index (χ4v) is 2.44. The fraction of sp³-hybridized carbons (Fsp3) is 0.538. The van der Waals surface area contributed by atoms with Crippen molar-refractivity contribution in [1.82, 2.24) is 4.90 Å². The van der Waals surface area contributed by atoms with Crippen LogP contribution in [0.5, 0.6) is 0 Å². The van der Waals surface area contributed by atoms with Crippen LogP contribution < -0.4 is 5.32 Å². The number of rotatable bonds is 7. The number of hydrogen-bond donors (Lipinski definition) is 2. The average Bonchev–Trinajstić information content (AvgIpc) is 2.82. The van der Waals surface area contributed by atoms with Gasteiger partial charge < -0.3 is 14.7 Å². The minimum absolute atomic E-state index is 0.111. The number of nitrogens with zero attached hydrogens (tertiary/aromatic N) is 1. The summed E-state index contributed by atoms with van der Waals surface area (Å²) in [6, 6.07) is 1.17. The Balaban J connectivity index is 2.73. The Bertz CT molecular complexity index is 459. The van der Waals surface area contributed by atoms with Gasteiger partial charge in [0.2, 0.25) is 0 Å². The van der Waals surface area contributed by atoms with Gasteiger partial charge in [-0.2, -0.15) is 0 Å². The summed E-state index contributed by atoms with van der Waals surface area (Å²) in [5.74, 6) is -0.728. The molecule has 0 bridgehead atoms. The minimum Gasteiger partial charge on any atom is -0.478 e. The number of anilines is 1. The molecular weight excluding hydrogens is 280 g/mol. The molecule has 0 aromatic carbocycles. The van der Waals surface area contributed by atoms with Gasteiger partial charge in [0.05, 0.1) is 12.2 Å². The van der Waals surface area contributed by atoms with Crippen molar-refractivity contribution in [2.24, 2.45) is 5.92 Å². The third-order valence-electron chi connectivity index (χ3n) is 2.55. The zero-order chi connectivity index (χ0) is 15.1. The highest BCUT2D eigenvalue weighted by atomic mass is 32.1.